The lowest BCUT2D eigenvalue weighted by Gasteiger charge is -2.23. The fourth-order valence-electron chi connectivity index (χ4n) is 1.35. The minimum absolute atomic E-state index is 0.327. The molecule has 0 unspecified atom stereocenters. The molecule has 0 spiro atoms. The lowest BCUT2D eigenvalue weighted by atomic mass is 10.2. The van der Waals surface area contributed by atoms with E-state index < -0.39 is 0 Å². The quantitative estimate of drug-likeness (QED) is 0.737. The van der Waals surface area contributed by atoms with Crippen LogP contribution in [-0.2, 0) is 4.74 Å². The topological polar surface area (TPSA) is 41.9 Å². The summed E-state index contributed by atoms with van der Waals surface area (Å²) in [6.45, 7) is 2.88. The molecular formula is C11H12N2O2. The monoisotopic (exact) mass is 204 g/mol. The molecule has 0 aliphatic carbocycles. The molecule has 0 radical (unpaired) electrons. The molecule has 4 nitrogen and oxygen atoms in total. The number of rotatable bonds is 2. The number of carbonyl (C=O) groups excluding carboxylic acids is 1. The van der Waals surface area contributed by atoms with Crippen molar-refractivity contribution in [1.29, 1.82) is 0 Å². The molecule has 1 aliphatic rings. The Labute approximate surface area is 88.2 Å². The van der Waals surface area contributed by atoms with E-state index in [1.165, 1.54) is 4.90 Å². The van der Waals surface area contributed by atoms with E-state index in [2.05, 4.69) is 4.99 Å². The summed E-state index contributed by atoms with van der Waals surface area (Å²) in [6.07, 6.45) is -0.327. The Morgan fingerprint density at radius 3 is 2.73 bits per heavy atom. The molecule has 0 bridgehead atoms. The summed E-state index contributed by atoms with van der Waals surface area (Å²) in [4.78, 5) is 17.2. The molecular weight excluding hydrogens is 192 g/mol. The minimum atomic E-state index is -0.327. The van der Waals surface area contributed by atoms with Crippen LogP contribution >= 0.6 is 0 Å². The van der Waals surface area contributed by atoms with E-state index in [0.717, 1.165) is 5.56 Å². The van der Waals surface area contributed by atoms with Gasteiger partial charge >= 0.3 is 6.09 Å². The summed E-state index contributed by atoms with van der Waals surface area (Å²) in [5, 5.41) is 0. The van der Waals surface area contributed by atoms with Gasteiger partial charge in [0.05, 0.1) is 0 Å². The van der Waals surface area contributed by atoms with Crippen LogP contribution in [0, 0.1) is 0 Å². The first-order chi connectivity index (χ1) is 7.31. The van der Waals surface area contributed by atoms with Gasteiger partial charge in [0.1, 0.15) is 6.67 Å². The number of nitrogens with zero attached hydrogens (tertiary/aromatic N) is 2. The molecule has 0 aromatic heterocycles. The van der Waals surface area contributed by atoms with Gasteiger partial charge in [0.15, 0.2) is 0 Å². The number of hydrogen-bond acceptors (Lipinski definition) is 3. The van der Waals surface area contributed by atoms with Crippen molar-refractivity contribution in [2.45, 2.75) is 6.92 Å². The zero-order valence-electron chi connectivity index (χ0n) is 8.51. The number of ether oxygens (including phenoxy) is 1. The molecule has 4 heteroatoms. The van der Waals surface area contributed by atoms with Gasteiger partial charge in [-0.05, 0) is 19.1 Å². The molecule has 15 heavy (non-hydrogen) atoms. The third kappa shape index (κ3) is 1.98. The maximum Gasteiger partial charge on any atom is 0.418 e. The van der Waals surface area contributed by atoms with Crippen LogP contribution in [-0.4, -0.2) is 30.1 Å². The van der Waals surface area contributed by atoms with Gasteiger partial charge in [-0.3, -0.25) is 4.90 Å². The predicted molar refractivity (Wildman–Crippen MR) is 56.7 cm³/mol. The summed E-state index contributed by atoms with van der Waals surface area (Å²) in [6, 6.07) is 9.42. The highest BCUT2D eigenvalue weighted by Crippen LogP contribution is 2.09. The van der Waals surface area contributed by atoms with Crippen molar-refractivity contribution in [2.24, 2.45) is 4.99 Å². The van der Waals surface area contributed by atoms with Crippen molar-refractivity contribution in [3.63, 3.8) is 0 Å². The Hall–Kier alpha value is -1.84. The maximum atomic E-state index is 11.4. The Bertz CT molecular complexity index is 387. The van der Waals surface area contributed by atoms with Crippen LogP contribution in [0.3, 0.4) is 0 Å². The Balaban J connectivity index is 2.20. The average molecular weight is 204 g/mol. The van der Waals surface area contributed by atoms with Gasteiger partial charge in [-0.25, -0.2) is 9.79 Å². The van der Waals surface area contributed by atoms with Gasteiger partial charge < -0.3 is 4.74 Å². The number of cyclic esters (lactones) is 1. The van der Waals surface area contributed by atoms with Crippen molar-refractivity contribution >= 4 is 12.0 Å². The second-order valence-electron chi connectivity index (χ2n) is 3.19. The molecule has 1 aliphatic heterocycles. The molecule has 1 heterocycles. The predicted octanol–water partition coefficient (Wildman–Crippen LogP) is 1.86. The Kier molecular flexibility index (Phi) is 2.67. The number of amides is 1. The molecule has 0 N–H and O–H groups in total. The molecule has 78 valence electrons. The molecule has 2 rings (SSSR count). The first-order valence-electron chi connectivity index (χ1n) is 4.88. The second kappa shape index (κ2) is 4.13. The van der Waals surface area contributed by atoms with E-state index in [1.807, 2.05) is 37.3 Å². The molecule has 1 aromatic rings. The van der Waals surface area contributed by atoms with E-state index in [4.69, 9.17) is 4.74 Å². The smallest absolute Gasteiger partial charge is 0.391 e. The first kappa shape index (κ1) is 9.71. The highest BCUT2D eigenvalue weighted by molar-refractivity contribution is 6.01. The fraction of sp³-hybridized carbons (Fsp3) is 0.273. The summed E-state index contributed by atoms with van der Waals surface area (Å²) in [5.41, 5.74) is 0.835. The highest BCUT2D eigenvalue weighted by Gasteiger charge is 2.21. The average Bonchev–Trinajstić information content (AvgIpc) is 2.30. The summed E-state index contributed by atoms with van der Waals surface area (Å²) in [5.74, 6) is 0.408. The maximum absolute atomic E-state index is 11.4. The SMILES string of the molecule is CCN1CN=C(c2ccccc2)OC1=O. The number of hydrogen-bond donors (Lipinski definition) is 0. The molecule has 0 saturated carbocycles. The van der Waals surface area contributed by atoms with E-state index in [-0.39, 0.29) is 6.09 Å². The first-order valence-corrected chi connectivity index (χ1v) is 4.88. The van der Waals surface area contributed by atoms with Gasteiger partial charge in [0.25, 0.3) is 0 Å². The molecule has 0 fully saturated rings. The van der Waals surface area contributed by atoms with Crippen LogP contribution in [0.25, 0.3) is 0 Å². The Morgan fingerprint density at radius 2 is 2.13 bits per heavy atom. The minimum Gasteiger partial charge on any atom is -0.391 e. The zero-order valence-corrected chi connectivity index (χ0v) is 8.51. The van der Waals surface area contributed by atoms with Crippen LogP contribution in [0.4, 0.5) is 4.79 Å². The van der Waals surface area contributed by atoms with Crippen LogP contribution < -0.4 is 0 Å². The summed E-state index contributed by atoms with van der Waals surface area (Å²) in [7, 11) is 0. The van der Waals surface area contributed by atoms with Gasteiger partial charge in [0.2, 0.25) is 5.90 Å². The van der Waals surface area contributed by atoms with Crippen LogP contribution in [0.5, 0.6) is 0 Å². The third-order valence-corrected chi connectivity index (χ3v) is 2.23. The lowest BCUT2D eigenvalue weighted by molar-refractivity contribution is 0.144. The summed E-state index contributed by atoms with van der Waals surface area (Å²) >= 11 is 0. The second-order valence-corrected chi connectivity index (χ2v) is 3.19. The van der Waals surface area contributed by atoms with Crippen molar-refractivity contribution in [2.75, 3.05) is 13.2 Å². The van der Waals surface area contributed by atoms with E-state index in [0.29, 0.717) is 19.1 Å². The van der Waals surface area contributed by atoms with Gasteiger partial charge in [-0.1, -0.05) is 18.2 Å². The van der Waals surface area contributed by atoms with Crippen molar-refractivity contribution < 1.29 is 9.53 Å². The van der Waals surface area contributed by atoms with Crippen molar-refractivity contribution in [3.8, 4) is 0 Å². The van der Waals surface area contributed by atoms with E-state index in [1.54, 1.807) is 0 Å². The van der Waals surface area contributed by atoms with Gasteiger partial charge in [0, 0.05) is 12.1 Å². The molecule has 0 atom stereocenters. The molecule has 0 saturated heterocycles. The number of carbonyl (C=O) groups is 1. The van der Waals surface area contributed by atoms with Crippen molar-refractivity contribution in [1.82, 2.24) is 4.90 Å². The number of benzene rings is 1. The van der Waals surface area contributed by atoms with Gasteiger partial charge in [-0.15, -0.1) is 0 Å². The highest BCUT2D eigenvalue weighted by atomic mass is 16.6. The zero-order chi connectivity index (χ0) is 10.7. The summed E-state index contributed by atoms with van der Waals surface area (Å²) < 4.78 is 5.11. The van der Waals surface area contributed by atoms with Crippen LogP contribution in [0.15, 0.2) is 35.3 Å². The third-order valence-electron chi connectivity index (χ3n) is 2.23. The van der Waals surface area contributed by atoms with Crippen LogP contribution in [0.2, 0.25) is 0 Å². The number of aliphatic imine (C=N–C) groups is 1. The van der Waals surface area contributed by atoms with Gasteiger partial charge in [-0.2, -0.15) is 0 Å². The molecule has 1 amide bonds. The van der Waals surface area contributed by atoms with Crippen molar-refractivity contribution in [3.05, 3.63) is 35.9 Å². The standard InChI is InChI=1S/C11H12N2O2/c1-2-13-8-12-10(15-11(13)14)9-6-4-3-5-7-9/h3-7H,2,8H2,1H3. The normalized spacial score (nSPS) is 15.9. The fourth-order valence-corrected chi connectivity index (χ4v) is 1.35. The van der Waals surface area contributed by atoms with Crippen LogP contribution in [0.1, 0.15) is 12.5 Å². The Morgan fingerprint density at radius 1 is 1.40 bits per heavy atom. The molecule has 1 aromatic carbocycles. The van der Waals surface area contributed by atoms with E-state index >= 15 is 0 Å². The van der Waals surface area contributed by atoms with E-state index in [9.17, 15) is 4.79 Å². The lowest BCUT2D eigenvalue weighted by Crippen LogP contribution is -2.37. The largest absolute Gasteiger partial charge is 0.418 e.